The van der Waals surface area contributed by atoms with Crippen LogP contribution in [0.1, 0.15) is 47.1 Å². The van der Waals surface area contributed by atoms with Crippen molar-refractivity contribution >= 4 is 12.1 Å². The summed E-state index contributed by atoms with van der Waals surface area (Å²) < 4.78 is 10.9. The number of para-hydroxylation sites is 1. The largest absolute Gasteiger partial charge is 0.493 e. The highest BCUT2D eigenvalue weighted by molar-refractivity contribution is 5.81. The number of hydroxylamine groups is 2. The minimum atomic E-state index is -0.890. The van der Waals surface area contributed by atoms with Crippen LogP contribution in [0, 0.1) is 0 Å². The van der Waals surface area contributed by atoms with Gasteiger partial charge in [0.1, 0.15) is 0 Å². The van der Waals surface area contributed by atoms with Crippen molar-refractivity contribution < 1.29 is 24.3 Å². The normalized spacial score (nSPS) is 18.2. The molecule has 1 fully saturated rings. The number of carbonyl (C=O) groups excluding carboxylic acids is 2. The summed E-state index contributed by atoms with van der Waals surface area (Å²) in [4.78, 5) is 29.1. The average Bonchev–Trinajstić information content (AvgIpc) is 2.86. The van der Waals surface area contributed by atoms with Gasteiger partial charge in [-0.3, -0.25) is 10.1 Å². The number of rotatable bonds is 7. The van der Waals surface area contributed by atoms with Gasteiger partial charge in [0.25, 0.3) is 0 Å². The fourth-order valence-electron chi connectivity index (χ4n) is 3.83. The molecule has 0 aliphatic carbocycles. The van der Waals surface area contributed by atoms with Crippen LogP contribution < -0.4 is 14.8 Å². The summed E-state index contributed by atoms with van der Waals surface area (Å²) in [6.07, 6.45) is -0.875. The van der Waals surface area contributed by atoms with Crippen LogP contribution >= 0.6 is 0 Å². The standard InChI is InChI=1S/C21H34N4O5/c1-13(2)22-19(26)25(28)18-21(5,6)23(20(27)24(18)14(3)4)12-15-10-9-11-16(29-7)17(15)30-8/h9-11,13-14,18,28H,12H2,1-8H3,(H,22,26)/t18-/m0/s1. The number of benzene rings is 1. The van der Waals surface area contributed by atoms with Crippen LogP contribution in [0.15, 0.2) is 18.2 Å². The minimum Gasteiger partial charge on any atom is -0.493 e. The molecular weight excluding hydrogens is 388 g/mol. The fraction of sp³-hybridized carbons (Fsp3) is 0.619. The van der Waals surface area contributed by atoms with E-state index in [0.717, 1.165) is 5.56 Å². The number of hydrogen-bond acceptors (Lipinski definition) is 5. The molecule has 1 aliphatic rings. The van der Waals surface area contributed by atoms with Gasteiger partial charge in [0.15, 0.2) is 17.7 Å². The lowest BCUT2D eigenvalue weighted by atomic mass is 9.98. The number of ether oxygens (including phenoxy) is 2. The van der Waals surface area contributed by atoms with Gasteiger partial charge in [-0.15, -0.1) is 0 Å². The number of amides is 4. The van der Waals surface area contributed by atoms with Gasteiger partial charge >= 0.3 is 12.1 Å². The molecule has 9 heteroatoms. The second kappa shape index (κ2) is 8.99. The molecule has 0 bridgehead atoms. The van der Waals surface area contributed by atoms with E-state index in [1.807, 2.05) is 39.8 Å². The Morgan fingerprint density at radius 2 is 1.87 bits per heavy atom. The minimum absolute atomic E-state index is 0.156. The molecule has 0 spiro atoms. The Morgan fingerprint density at radius 3 is 2.37 bits per heavy atom. The van der Waals surface area contributed by atoms with Crippen LogP contribution in [0.3, 0.4) is 0 Å². The third-order valence-electron chi connectivity index (χ3n) is 5.26. The van der Waals surface area contributed by atoms with E-state index in [9.17, 15) is 14.8 Å². The third-order valence-corrected chi connectivity index (χ3v) is 5.26. The Morgan fingerprint density at radius 1 is 1.23 bits per heavy atom. The first-order valence-corrected chi connectivity index (χ1v) is 10.1. The molecule has 4 amide bonds. The van der Waals surface area contributed by atoms with Crippen LogP contribution in [-0.2, 0) is 6.54 Å². The first-order valence-electron chi connectivity index (χ1n) is 10.1. The molecule has 1 saturated heterocycles. The lowest BCUT2D eigenvalue weighted by molar-refractivity contribution is -0.138. The average molecular weight is 423 g/mol. The number of carbonyl (C=O) groups is 2. The van der Waals surface area contributed by atoms with E-state index in [1.165, 1.54) is 4.90 Å². The summed E-state index contributed by atoms with van der Waals surface area (Å²) in [5.74, 6) is 1.11. The SMILES string of the molecule is COc1cccc(CN2C(=O)N(C(C)C)[C@@H](N(O)C(=O)NC(C)C)C2(C)C)c1OC. The Labute approximate surface area is 178 Å². The maximum atomic E-state index is 13.4. The Bertz CT molecular complexity index is 781. The van der Waals surface area contributed by atoms with Gasteiger partial charge in [0.2, 0.25) is 0 Å². The molecule has 0 unspecified atom stereocenters. The van der Waals surface area contributed by atoms with Crippen molar-refractivity contribution in [1.29, 1.82) is 0 Å². The van der Waals surface area contributed by atoms with Gasteiger partial charge in [-0.2, -0.15) is 5.06 Å². The summed E-state index contributed by atoms with van der Waals surface area (Å²) in [6.45, 7) is 11.2. The van der Waals surface area contributed by atoms with Crippen molar-refractivity contribution in [3.63, 3.8) is 0 Å². The van der Waals surface area contributed by atoms with E-state index in [1.54, 1.807) is 39.0 Å². The summed E-state index contributed by atoms with van der Waals surface area (Å²) >= 11 is 0. The highest BCUT2D eigenvalue weighted by Gasteiger charge is 2.56. The number of urea groups is 2. The van der Waals surface area contributed by atoms with E-state index >= 15 is 0 Å². The zero-order valence-corrected chi connectivity index (χ0v) is 19.1. The molecule has 30 heavy (non-hydrogen) atoms. The van der Waals surface area contributed by atoms with Crippen LogP contribution in [0.2, 0.25) is 0 Å². The predicted molar refractivity (Wildman–Crippen MR) is 113 cm³/mol. The van der Waals surface area contributed by atoms with Gasteiger partial charge in [-0.1, -0.05) is 12.1 Å². The van der Waals surface area contributed by atoms with Gasteiger partial charge in [0, 0.05) is 17.6 Å². The van der Waals surface area contributed by atoms with Crippen LogP contribution in [0.4, 0.5) is 9.59 Å². The first kappa shape index (κ1) is 23.6. The van der Waals surface area contributed by atoms with Gasteiger partial charge < -0.3 is 19.7 Å². The predicted octanol–water partition coefficient (Wildman–Crippen LogP) is 3.26. The van der Waals surface area contributed by atoms with Crippen molar-refractivity contribution in [2.75, 3.05) is 14.2 Å². The molecule has 2 N–H and O–H groups in total. The van der Waals surface area contributed by atoms with Crippen molar-refractivity contribution in [2.24, 2.45) is 0 Å². The molecule has 9 nitrogen and oxygen atoms in total. The Balaban J connectivity index is 2.45. The van der Waals surface area contributed by atoms with Gasteiger partial charge in [-0.25, -0.2) is 9.59 Å². The van der Waals surface area contributed by atoms with E-state index in [-0.39, 0.29) is 24.7 Å². The van der Waals surface area contributed by atoms with Crippen molar-refractivity contribution in [3.8, 4) is 11.5 Å². The Kier molecular flexibility index (Phi) is 7.07. The molecule has 1 aromatic rings. The molecule has 1 aromatic carbocycles. The zero-order valence-electron chi connectivity index (χ0n) is 19.1. The topological polar surface area (TPSA) is 94.6 Å². The van der Waals surface area contributed by atoms with E-state index in [2.05, 4.69) is 5.32 Å². The molecule has 0 radical (unpaired) electrons. The summed E-state index contributed by atoms with van der Waals surface area (Å²) in [5.41, 5.74) is -0.128. The number of methoxy groups -OCH3 is 2. The zero-order chi connectivity index (χ0) is 22.8. The first-order chi connectivity index (χ1) is 14.0. The fourth-order valence-corrected chi connectivity index (χ4v) is 3.83. The lowest BCUT2D eigenvalue weighted by Crippen LogP contribution is -2.60. The smallest absolute Gasteiger partial charge is 0.343 e. The van der Waals surface area contributed by atoms with Crippen LogP contribution in [0.25, 0.3) is 0 Å². The monoisotopic (exact) mass is 422 g/mol. The van der Waals surface area contributed by atoms with E-state index < -0.39 is 17.7 Å². The molecule has 0 aromatic heterocycles. The molecular formula is C21H34N4O5. The van der Waals surface area contributed by atoms with Gasteiger partial charge in [-0.05, 0) is 47.6 Å². The quantitative estimate of drug-likeness (QED) is 0.520. The maximum absolute atomic E-state index is 13.4. The number of nitrogens with zero attached hydrogens (tertiary/aromatic N) is 3. The third kappa shape index (κ3) is 4.26. The van der Waals surface area contributed by atoms with Crippen LogP contribution in [-0.4, -0.2) is 70.1 Å². The highest BCUT2D eigenvalue weighted by Crippen LogP contribution is 2.39. The van der Waals surface area contributed by atoms with Crippen molar-refractivity contribution in [1.82, 2.24) is 20.2 Å². The lowest BCUT2D eigenvalue weighted by Gasteiger charge is -2.39. The maximum Gasteiger partial charge on any atom is 0.343 e. The molecule has 168 valence electrons. The van der Waals surface area contributed by atoms with Crippen molar-refractivity contribution in [2.45, 2.75) is 71.9 Å². The number of hydrogen-bond donors (Lipinski definition) is 2. The van der Waals surface area contributed by atoms with Crippen molar-refractivity contribution in [3.05, 3.63) is 23.8 Å². The summed E-state index contributed by atoms with van der Waals surface area (Å²) in [7, 11) is 3.10. The van der Waals surface area contributed by atoms with Crippen LogP contribution in [0.5, 0.6) is 11.5 Å². The summed E-state index contributed by atoms with van der Waals surface area (Å²) in [6, 6.07) is 4.16. The molecule has 1 heterocycles. The number of nitrogens with one attached hydrogen (secondary N) is 1. The molecule has 0 saturated carbocycles. The molecule has 1 atom stereocenters. The Hall–Kier alpha value is -2.68. The second-order valence-electron chi connectivity index (χ2n) is 8.50. The molecule has 2 rings (SSSR count). The van der Waals surface area contributed by atoms with Gasteiger partial charge in [0.05, 0.1) is 26.3 Å². The highest BCUT2D eigenvalue weighted by atomic mass is 16.5. The summed E-state index contributed by atoms with van der Waals surface area (Å²) in [5, 5.41) is 14.1. The molecule has 1 aliphatic heterocycles. The van der Waals surface area contributed by atoms with E-state index in [4.69, 9.17) is 9.47 Å². The second-order valence-corrected chi connectivity index (χ2v) is 8.50. The van der Waals surface area contributed by atoms with E-state index in [0.29, 0.717) is 16.6 Å².